The first kappa shape index (κ1) is 13.2. The average Bonchev–Trinajstić information content (AvgIpc) is 2.98. The predicted octanol–water partition coefficient (Wildman–Crippen LogP) is 0.0205. The number of nitrogens with one attached hydrogen (secondary N) is 1. The summed E-state index contributed by atoms with van der Waals surface area (Å²) in [5.74, 6) is 0.352. The second-order valence-corrected chi connectivity index (χ2v) is 4.24. The van der Waals surface area contributed by atoms with E-state index in [0.29, 0.717) is 17.9 Å². The summed E-state index contributed by atoms with van der Waals surface area (Å²) < 4.78 is 1.48. The molecule has 0 bridgehead atoms. The van der Waals surface area contributed by atoms with E-state index < -0.39 is 0 Å². The van der Waals surface area contributed by atoms with Crippen molar-refractivity contribution in [1.82, 2.24) is 25.1 Å². The third kappa shape index (κ3) is 3.35. The number of aliphatic hydroxyl groups excluding tert-OH is 1. The molecular weight excluding hydrogens is 246 g/mol. The van der Waals surface area contributed by atoms with E-state index in [1.807, 2.05) is 6.92 Å². The van der Waals surface area contributed by atoms with Crippen LogP contribution in [0.2, 0.25) is 0 Å². The molecule has 0 saturated carbocycles. The summed E-state index contributed by atoms with van der Waals surface area (Å²) in [4.78, 5) is 19.9. The van der Waals surface area contributed by atoms with Crippen LogP contribution in [-0.2, 0) is 0 Å². The van der Waals surface area contributed by atoms with Gasteiger partial charge in [0.2, 0.25) is 0 Å². The highest BCUT2D eigenvalue weighted by molar-refractivity contribution is 5.94. The molecule has 0 spiro atoms. The lowest BCUT2D eigenvalue weighted by Crippen LogP contribution is -2.29. The van der Waals surface area contributed by atoms with Gasteiger partial charge in [0.25, 0.3) is 5.91 Å². The Kier molecular flexibility index (Phi) is 4.19. The van der Waals surface area contributed by atoms with Gasteiger partial charge in [-0.1, -0.05) is 6.92 Å². The van der Waals surface area contributed by atoms with Crippen molar-refractivity contribution in [2.75, 3.05) is 13.2 Å². The molecule has 2 aromatic rings. The Balaban J connectivity index is 2.08. The molecule has 2 rings (SSSR count). The maximum absolute atomic E-state index is 11.9. The Labute approximate surface area is 110 Å². The van der Waals surface area contributed by atoms with E-state index in [2.05, 4.69) is 20.4 Å². The predicted molar refractivity (Wildman–Crippen MR) is 67.7 cm³/mol. The lowest BCUT2D eigenvalue weighted by Gasteiger charge is -2.10. The lowest BCUT2D eigenvalue weighted by molar-refractivity contribution is 0.0942. The summed E-state index contributed by atoms with van der Waals surface area (Å²) in [6.45, 7) is 2.32. The summed E-state index contributed by atoms with van der Waals surface area (Å²) >= 11 is 0. The Morgan fingerprint density at radius 2 is 2.42 bits per heavy atom. The fraction of sp³-hybridized carbons (Fsp3) is 0.333. The summed E-state index contributed by atoms with van der Waals surface area (Å²) in [5.41, 5.74) is 0.491. The van der Waals surface area contributed by atoms with E-state index >= 15 is 0 Å². The Morgan fingerprint density at radius 1 is 1.58 bits per heavy atom. The molecule has 1 unspecified atom stereocenters. The van der Waals surface area contributed by atoms with E-state index in [1.165, 1.54) is 17.3 Å². The molecule has 2 aromatic heterocycles. The zero-order valence-corrected chi connectivity index (χ0v) is 10.5. The highest BCUT2D eigenvalue weighted by Gasteiger charge is 2.09. The first-order chi connectivity index (χ1) is 9.20. The molecule has 0 fully saturated rings. The number of pyridine rings is 1. The van der Waals surface area contributed by atoms with Crippen LogP contribution in [0.4, 0.5) is 0 Å². The van der Waals surface area contributed by atoms with Gasteiger partial charge in [-0.2, -0.15) is 5.10 Å². The molecule has 7 nitrogen and oxygen atoms in total. The van der Waals surface area contributed by atoms with Gasteiger partial charge in [-0.3, -0.25) is 4.79 Å². The van der Waals surface area contributed by atoms with Crippen LogP contribution in [0.15, 0.2) is 31.0 Å². The van der Waals surface area contributed by atoms with Gasteiger partial charge in [0, 0.05) is 24.9 Å². The van der Waals surface area contributed by atoms with Crippen molar-refractivity contribution < 1.29 is 9.90 Å². The van der Waals surface area contributed by atoms with Crippen molar-refractivity contribution in [2.45, 2.75) is 6.92 Å². The van der Waals surface area contributed by atoms with Crippen molar-refractivity contribution >= 4 is 5.91 Å². The first-order valence-electron chi connectivity index (χ1n) is 5.91. The highest BCUT2D eigenvalue weighted by Crippen LogP contribution is 2.05. The van der Waals surface area contributed by atoms with E-state index in [4.69, 9.17) is 5.11 Å². The minimum atomic E-state index is -0.205. The second-order valence-electron chi connectivity index (χ2n) is 4.24. The molecule has 0 saturated heterocycles. The van der Waals surface area contributed by atoms with Gasteiger partial charge in [0.05, 0.1) is 0 Å². The van der Waals surface area contributed by atoms with Gasteiger partial charge in [-0.15, -0.1) is 0 Å². The van der Waals surface area contributed by atoms with E-state index in [1.54, 1.807) is 18.3 Å². The Bertz CT molecular complexity index is 541. The van der Waals surface area contributed by atoms with Crippen LogP contribution in [0.3, 0.4) is 0 Å². The normalized spacial score (nSPS) is 12.1. The van der Waals surface area contributed by atoms with Crippen molar-refractivity contribution in [3.05, 3.63) is 36.5 Å². The molecule has 1 amide bonds. The molecule has 0 aromatic carbocycles. The van der Waals surface area contributed by atoms with Gasteiger partial charge >= 0.3 is 0 Å². The molecule has 7 heteroatoms. The number of aliphatic hydroxyl groups is 1. The highest BCUT2D eigenvalue weighted by atomic mass is 16.3. The maximum Gasteiger partial charge on any atom is 0.251 e. The van der Waals surface area contributed by atoms with Crippen LogP contribution in [0.5, 0.6) is 0 Å². The minimum absolute atomic E-state index is 0.0283. The van der Waals surface area contributed by atoms with Crippen molar-refractivity contribution in [3.8, 4) is 5.82 Å². The molecule has 0 aliphatic heterocycles. The summed E-state index contributed by atoms with van der Waals surface area (Å²) in [6, 6.07) is 3.26. The zero-order chi connectivity index (χ0) is 13.7. The third-order valence-corrected chi connectivity index (χ3v) is 2.58. The molecule has 100 valence electrons. The lowest BCUT2D eigenvalue weighted by atomic mass is 10.2. The SMILES string of the molecule is CC(CO)CNC(=O)c1ccnc(-n2cncn2)c1. The molecular formula is C12H15N5O2. The fourth-order valence-corrected chi connectivity index (χ4v) is 1.44. The number of hydrogen-bond donors (Lipinski definition) is 2. The summed E-state index contributed by atoms with van der Waals surface area (Å²) in [5, 5.41) is 15.6. The van der Waals surface area contributed by atoms with E-state index in [-0.39, 0.29) is 18.4 Å². The molecule has 0 aliphatic carbocycles. The van der Waals surface area contributed by atoms with E-state index in [0.717, 1.165) is 0 Å². The fourth-order valence-electron chi connectivity index (χ4n) is 1.44. The molecule has 1 atom stereocenters. The van der Waals surface area contributed by atoms with E-state index in [9.17, 15) is 4.79 Å². The van der Waals surface area contributed by atoms with Crippen LogP contribution < -0.4 is 5.32 Å². The molecule has 0 radical (unpaired) electrons. The Morgan fingerprint density at radius 3 is 3.11 bits per heavy atom. The van der Waals surface area contributed by atoms with Crippen molar-refractivity contribution in [2.24, 2.45) is 5.92 Å². The summed E-state index contributed by atoms with van der Waals surface area (Å²) in [6.07, 6.45) is 4.45. The first-order valence-corrected chi connectivity index (χ1v) is 5.91. The smallest absolute Gasteiger partial charge is 0.251 e. The monoisotopic (exact) mass is 261 g/mol. The Hall–Kier alpha value is -2.28. The van der Waals surface area contributed by atoms with Crippen LogP contribution in [0.25, 0.3) is 5.82 Å². The van der Waals surface area contributed by atoms with Crippen molar-refractivity contribution in [3.63, 3.8) is 0 Å². The van der Waals surface area contributed by atoms with Gasteiger partial charge in [-0.25, -0.2) is 14.6 Å². The van der Waals surface area contributed by atoms with Gasteiger partial charge in [0.1, 0.15) is 12.7 Å². The third-order valence-electron chi connectivity index (χ3n) is 2.58. The number of aromatic nitrogens is 4. The van der Waals surface area contributed by atoms with Crippen LogP contribution in [-0.4, -0.2) is 43.9 Å². The number of rotatable bonds is 5. The van der Waals surface area contributed by atoms with Crippen LogP contribution >= 0.6 is 0 Å². The summed E-state index contributed by atoms with van der Waals surface area (Å²) in [7, 11) is 0. The average molecular weight is 261 g/mol. The second kappa shape index (κ2) is 6.05. The topological polar surface area (TPSA) is 92.9 Å². The van der Waals surface area contributed by atoms with Gasteiger partial charge in [-0.05, 0) is 18.1 Å². The molecule has 2 heterocycles. The van der Waals surface area contributed by atoms with Crippen LogP contribution in [0.1, 0.15) is 17.3 Å². The number of amides is 1. The van der Waals surface area contributed by atoms with Gasteiger partial charge in [0.15, 0.2) is 5.82 Å². The number of carbonyl (C=O) groups excluding carboxylic acids is 1. The largest absolute Gasteiger partial charge is 0.396 e. The maximum atomic E-state index is 11.9. The number of carbonyl (C=O) groups is 1. The quantitative estimate of drug-likeness (QED) is 0.791. The number of nitrogens with zero attached hydrogens (tertiary/aromatic N) is 4. The number of hydrogen-bond acceptors (Lipinski definition) is 5. The molecule has 2 N–H and O–H groups in total. The standard InChI is InChI=1S/C12H15N5O2/c1-9(6-18)5-15-12(19)10-2-3-14-11(4-10)17-8-13-7-16-17/h2-4,7-9,18H,5-6H2,1H3,(H,15,19). The molecule has 19 heavy (non-hydrogen) atoms. The van der Waals surface area contributed by atoms with Crippen LogP contribution in [0, 0.1) is 5.92 Å². The zero-order valence-electron chi connectivity index (χ0n) is 10.5. The minimum Gasteiger partial charge on any atom is -0.396 e. The molecule has 0 aliphatic rings. The van der Waals surface area contributed by atoms with Gasteiger partial charge < -0.3 is 10.4 Å². The van der Waals surface area contributed by atoms with Crippen molar-refractivity contribution in [1.29, 1.82) is 0 Å².